The Balaban J connectivity index is 2.96. The second kappa shape index (κ2) is 3.88. The fourth-order valence-corrected chi connectivity index (χ4v) is 1.97. The smallest absolute Gasteiger partial charge is 0.195 e. The maximum atomic E-state index is 11.6. The third-order valence-corrected chi connectivity index (χ3v) is 3.00. The number of hydrogen-bond acceptors (Lipinski definition) is 2. The van der Waals surface area contributed by atoms with Gasteiger partial charge in [0.15, 0.2) is 5.78 Å². The SMILES string of the molecule is CC(C)=CC(=O)c1cc(C)c(C)s1. The van der Waals surface area contributed by atoms with Gasteiger partial charge in [0.05, 0.1) is 4.88 Å². The van der Waals surface area contributed by atoms with Crippen LogP contribution in [0.15, 0.2) is 17.7 Å². The molecular formula is C11H14OS. The molecule has 0 saturated carbocycles. The van der Waals surface area contributed by atoms with Crippen LogP contribution in [0.1, 0.15) is 34.0 Å². The van der Waals surface area contributed by atoms with E-state index in [4.69, 9.17) is 0 Å². The van der Waals surface area contributed by atoms with Crippen LogP contribution in [0.4, 0.5) is 0 Å². The van der Waals surface area contributed by atoms with E-state index < -0.39 is 0 Å². The summed E-state index contributed by atoms with van der Waals surface area (Å²) in [5.74, 6) is 0.126. The summed E-state index contributed by atoms with van der Waals surface area (Å²) in [7, 11) is 0. The van der Waals surface area contributed by atoms with E-state index in [1.807, 2.05) is 33.8 Å². The lowest BCUT2D eigenvalue weighted by atomic mass is 10.2. The van der Waals surface area contributed by atoms with Crippen molar-refractivity contribution in [2.45, 2.75) is 27.7 Å². The van der Waals surface area contributed by atoms with Crippen molar-refractivity contribution in [2.24, 2.45) is 0 Å². The number of aryl methyl sites for hydroxylation is 2. The molecule has 0 radical (unpaired) electrons. The molecule has 0 N–H and O–H groups in total. The Hall–Kier alpha value is -0.890. The number of carbonyl (C=O) groups is 1. The van der Waals surface area contributed by atoms with Crippen LogP contribution in [-0.4, -0.2) is 5.78 Å². The quantitative estimate of drug-likeness (QED) is 0.520. The minimum Gasteiger partial charge on any atom is -0.288 e. The van der Waals surface area contributed by atoms with Crippen LogP contribution in [0.5, 0.6) is 0 Å². The summed E-state index contributed by atoms with van der Waals surface area (Å²) in [6, 6.07) is 1.96. The van der Waals surface area contributed by atoms with Crippen molar-refractivity contribution < 1.29 is 4.79 Å². The van der Waals surface area contributed by atoms with Gasteiger partial charge in [-0.25, -0.2) is 0 Å². The summed E-state index contributed by atoms with van der Waals surface area (Å²) in [6.07, 6.45) is 1.69. The van der Waals surface area contributed by atoms with Gasteiger partial charge in [0.25, 0.3) is 0 Å². The molecule has 1 nitrogen and oxygen atoms in total. The molecule has 1 aromatic rings. The highest BCUT2D eigenvalue weighted by atomic mass is 32.1. The fraction of sp³-hybridized carbons (Fsp3) is 0.364. The van der Waals surface area contributed by atoms with Gasteiger partial charge in [0, 0.05) is 4.88 Å². The van der Waals surface area contributed by atoms with Gasteiger partial charge in [0.1, 0.15) is 0 Å². The van der Waals surface area contributed by atoms with Crippen LogP contribution in [-0.2, 0) is 0 Å². The number of ketones is 1. The first-order valence-electron chi connectivity index (χ1n) is 4.27. The van der Waals surface area contributed by atoms with Crippen LogP contribution >= 0.6 is 11.3 Å². The molecule has 1 rings (SSSR count). The maximum absolute atomic E-state index is 11.6. The molecule has 0 bridgehead atoms. The predicted molar refractivity (Wildman–Crippen MR) is 57.6 cm³/mol. The third-order valence-electron chi connectivity index (χ3n) is 1.83. The molecule has 0 aliphatic heterocycles. The van der Waals surface area contributed by atoms with E-state index in [0.717, 1.165) is 10.5 Å². The van der Waals surface area contributed by atoms with Gasteiger partial charge in [-0.2, -0.15) is 0 Å². The maximum Gasteiger partial charge on any atom is 0.195 e. The Morgan fingerprint density at radius 2 is 2.00 bits per heavy atom. The van der Waals surface area contributed by atoms with Crippen molar-refractivity contribution in [2.75, 3.05) is 0 Å². The van der Waals surface area contributed by atoms with Crippen LogP contribution in [0.3, 0.4) is 0 Å². The molecule has 0 aromatic carbocycles. The van der Waals surface area contributed by atoms with E-state index in [2.05, 4.69) is 0 Å². The second-order valence-electron chi connectivity index (χ2n) is 3.44. The van der Waals surface area contributed by atoms with Gasteiger partial charge >= 0.3 is 0 Å². The van der Waals surface area contributed by atoms with E-state index in [0.29, 0.717) is 0 Å². The fourth-order valence-electron chi connectivity index (χ4n) is 1.03. The Morgan fingerprint density at radius 3 is 2.38 bits per heavy atom. The van der Waals surface area contributed by atoms with Gasteiger partial charge in [-0.1, -0.05) is 5.57 Å². The van der Waals surface area contributed by atoms with Crippen LogP contribution < -0.4 is 0 Å². The molecule has 0 saturated heterocycles. The minimum atomic E-state index is 0.126. The zero-order valence-electron chi connectivity index (χ0n) is 8.47. The third kappa shape index (κ3) is 2.52. The van der Waals surface area contributed by atoms with Gasteiger partial charge in [-0.3, -0.25) is 4.79 Å². The molecule has 0 unspecified atom stereocenters. The molecule has 0 amide bonds. The van der Waals surface area contributed by atoms with E-state index in [1.54, 1.807) is 17.4 Å². The predicted octanol–water partition coefficient (Wildman–Crippen LogP) is 3.51. The van der Waals surface area contributed by atoms with Crippen molar-refractivity contribution in [3.8, 4) is 0 Å². The van der Waals surface area contributed by atoms with Crippen molar-refractivity contribution in [3.05, 3.63) is 33.0 Å². The zero-order chi connectivity index (χ0) is 10.0. The molecule has 0 fully saturated rings. The molecule has 0 aliphatic rings. The molecule has 2 heteroatoms. The molecule has 1 heterocycles. The number of rotatable bonds is 2. The average Bonchev–Trinajstić information content (AvgIpc) is 2.31. The number of thiophene rings is 1. The lowest BCUT2D eigenvalue weighted by molar-refractivity contribution is 0.104. The van der Waals surface area contributed by atoms with E-state index in [9.17, 15) is 4.79 Å². The van der Waals surface area contributed by atoms with Crippen LogP contribution in [0.2, 0.25) is 0 Å². The number of allylic oxidation sites excluding steroid dienone is 2. The normalized spacial score (nSPS) is 9.85. The summed E-state index contributed by atoms with van der Waals surface area (Å²) < 4.78 is 0. The highest BCUT2D eigenvalue weighted by Crippen LogP contribution is 2.21. The minimum absolute atomic E-state index is 0.126. The number of hydrogen-bond donors (Lipinski definition) is 0. The largest absolute Gasteiger partial charge is 0.288 e. The molecule has 1 aromatic heterocycles. The summed E-state index contributed by atoms with van der Waals surface area (Å²) in [6.45, 7) is 7.95. The van der Waals surface area contributed by atoms with E-state index in [1.165, 1.54) is 10.4 Å². The van der Waals surface area contributed by atoms with Gasteiger partial charge in [-0.05, 0) is 45.4 Å². The van der Waals surface area contributed by atoms with Crippen molar-refractivity contribution >= 4 is 17.1 Å². The second-order valence-corrected chi connectivity index (χ2v) is 4.69. The first-order valence-corrected chi connectivity index (χ1v) is 5.08. The molecule has 0 aliphatic carbocycles. The van der Waals surface area contributed by atoms with E-state index >= 15 is 0 Å². The van der Waals surface area contributed by atoms with Crippen LogP contribution in [0, 0.1) is 13.8 Å². The number of carbonyl (C=O) groups excluding carboxylic acids is 1. The Kier molecular flexibility index (Phi) is 3.04. The van der Waals surface area contributed by atoms with Gasteiger partial charge < -0.3 is 0 Å². The first-order chi connectivity index (χ1) is 6.00. The van der Waals surface area contributed by atoms with Crippen LogP contribution in [0.25, 0.3) is 0 Å². The molecule has 0 atom stereocenters. The summed E-state index contributed by atoms with van der Waals surface area (Å²) in [4.78, 5) is 13.6. The zero-order valence-corrected chi connectivity index (χ0v) is 9.29. The van der Waals surface area contributed by atoms with Crippen molar-refractivity contribution in [1.29, 1.82) is 0 Å². The highest BCUT2D eigenvalue weighted by Gasteiger charge is 2.07. The monoisotopic (exact) mass is 194 g/mol. The summed E-state index contributed by atoms with van der Waals surface area (Å²) in [5, 5.41) is 0. The molecule has 0 spiro atoms. The van der Waals surface area contributed by atoms with E-state index in [-0.39, 0.29) is 5.78 Å². The first kappa shape index (κ1) is 10.2. The highest BCUT2D eigenvalue weighted by molar-refractivity contribution is 7.14. The molecular weight excluding hydrogens is 180 g/mol. The summed E-state index contributed by atoms with van der Waals surface area (Å²) in [5.41, 5.74) is 2.25. The van der Waals surface area contributed by atoms with Gasteiger partial charge in [-0.15, -0.1) is 11.3 Å². The molecule has 13 heavy (non-hydrogen) atoms. The van der Waals surface area contributed by atoms with Crippen molar-refractivity contribution in [3.63, 3.8) is 0 Å². The Morgan fingerprint density at radius 1 is 1.38 bits per heavy atom. The lowest BCUT2D eigenvalue weighted by Gasteiger charge is -1.89. The molecule has 70 valence electrons. The van der Waals surface area contributed by atoms with Gasteiger partial charge in [0.2, 0.25) is 0 Å². The lowest BCUT2D eigenvalue weighted by Crippen LogP contribution is -1.90. The summed E-state index contributed by atoms with van der Waals surface area (Å²) >= 11 is 1.57. The standard InChI is InChI=1S/C11H14OS/c1-7(2)5-10(12)11-6-8(3)9(4)13-11/h5-6H,1-4H3. The average molecular weight is 194 g/mol. The topological polar surface area (TPSA) is 17.1 Å². The van der Waals surface area contributed by atoms with Crippen molar-refractivity contribution in [1.82, 2.24) is 0 Å². The Bertz CT molecular complexity index is 335. The Labute approximate surface area is 83.1 Å².